The highest BCUT2D eigenvalue weighted by atomic mass is 16.5. The van der Waals surface area contributed by atoms with E-state index in [2.05, 4.69) is 10.7 Å². The number of carbonyl (C=O) groups is 3. The predicted octanol–water partition coefficient (Wildman–Crippen LogP) is 0.993. The predicted molar refractivity (Wildman–Crippen MR) is 105 cm³/mol. The molecule has 0 bridgehead atoms. The molecule has 2 aliphatic rings. The third-order valence-corrected chi connectivity index (χ3v) is 5.08. The first-order valence-electron chi connectivity index (χ1n) is 9.55. The third-order valence-electron chi connectivity index (χ3n) is 5.08. The number of nitrogens with zero attached hydrogens (tertiary/aromatic N) is 2. The van der Waals surface area contributed by atoms with Gasteiger partial charge in [0.15, 0.2) is 0 Å². The van der Waals surface area contributed by atoms with Crippen LogP contribution in [-0.4, -0.2) is 66.2 Å². The Morgan fingerprint density at radius 2 is 2.07 bits per heavy atom. The zero-order valence-corrected chi connectivity index (χ0v) is 17.4. The molecule has 1 aromatic carbocycles. The summed E-state index contributed by atoms with van der Waals surface area (Å²) in [6.07, 6.45) is -0.0142. The summed E-state index contributed by atoms with van der Waals surface area (Å²) < 4.78 is 11.0. The summed E-state index contributed by atoms with van der Waals surface area (Å²) in [5, 5.41) is 3.41. The van der Waals surface area contributed by atoms with Crippen LogP contribution in [0.4, 0.5) is 4.79 Å². The van der Waals surface area contributed by atoms with E-state index < -0.39 is 23.4 Å². The van der Waals surface area contributed by atoms with Crippen molar-refractivity contribution in [2.75, 3.05) is 26.7 Å². The highest BCUT2D eigenvalue weighted by molar-refractivity contribution is 6.08. The van der Waals surface area contributed by atoms with Gasteiger partial charge in [-0.25, -0.2) is 4.79 Å². The van der Waals surface area contributed by atoms with Crippen molar-refractivity contribution in [3.63, 3.8) is 0 Å². The molecule has 2 unspecified atom stereocenters. The van der Waals surface area contributed by atoms with Gasteiger partial charge in [0, 0.05) is 13.1 Å². The molecule has 2 saturated heterocycles. The minimum Gasteiger partial charge on any atom is -0.497 e. The molecule has 0 spiro atoms. The standard InChI is InChI=1S/C20H28N4O5/c1-13-10-23(12-19(2,3)29-13)11-16(25)22-24-17(26)20(4,21-18(24)27)14-7-6-8-15(9-14)28-5/h6-9,13H,10-12H2,1-5H3,(H,21,27)(H,22,25). The van der Waals surface area contributed by atoms with E-state index >= 15 is 0 Å². The van der Waals surface area contributed by atoms with Crippen LogP contribution in [0.1, 0.15) is 33.3 Å². The van der Waals surface area contributed by atoms with Gasteiger partial charge >= 0.3 is 6.03 Å². The SMILES string of the molecule is COc1cccc(C2(C)NC(=O)N(NC(=O)CN3CC(C)OC(C)(C)C3)C2=O)c1. The summed E-state index contributed by atoms with van der Waals surface area (Å²) in [5.41, 5.74) is 1.34. The Bertz CT molecular complexity index is 827. The minimum atomic E-state index is -1.30. The molecule has 2 fully saturated rings. The van der Waals surface area contributed by atoms with Crippen molar-refractivity contribution in [2.45, 2.75) is 44.9 Å². The lowest BCUT2D eigenvalue weighted by molar-refractivity contribution is -0.146. The fourth-order valence-electron chi connectivity index (χ4n) is 3.94. The van der Waals surface area contributed by atoms with E-state index in [1.54, 1.807) is 31.2 Å². The molecule has 0 saturated carbocycles. The van der Waals surface area contributed by atoms with E-state index in [1.165, 1.54) is 7.11 Å². The topological polar surface area (TPSA) is 100 Å². The van der Waals surface area contributed by atoms with Gasteiger partial charge < -0.3 is 14.8 Å². The molecule has 9 heteroatoms. The van der Waals surface area contributed by atoms with E-state index in [9.17, 15) is 14.4 Å². The van der Waals surface area contributed by atoms with Gasteiger partial charge in [-0.3, -0.25) is 19.9 Å². The number of morpholine rings is 1. The number of nitrogens with one attached hydrogen (secondary N) is 2. The Hall–Kier alpha value is -2.65. The Morgan fingerprint density at radius 3 is 2.72 bits per heavy atom. The van der Waals surface area contributed by atoms with E-state index in [0.717, 1.165) is 5.01 Å². The number of ether oxygens (including phenoxy) is 2. The summed E-state index contributed by atoms with van der Waals surface area (Å²) in [6.45, 7) is 8.70. The zero-order valence-electron chi connectivity index (χ0n) is 17.4. The molecule has 0 aromatic heterocycles. The number of hydrogen-bond acceptors (Lipinski definition) is 6. The number of benzene rings is 1. The lowest BCUT2D eigenvalue weighted by atomic mass is 9.92. The maximum absolute atomic E-state index is 13.0. The molecule has 158 valence electrons. The van der Waals surface area contributed by atoms with Crippen LogP contribution in [0.5, 0.6) is 5.75 Å². The first-order chi connectivity index (χ1) is 13.5. The van der Waals surface area contributed by atoms with Crippen molar-refractivity contribution in [3.05, 3.63) is 29.8 Å². The van der Waals surface area contributed by atoms with Gasteiger partial charge in [-0.15, -0.1) is 0 Å². The zero-order chi connectivity index (χ0) is 21.4. The molecule has 1 aromatic rings. The van der Waals surface area contributed by atoms with Crippen molar-refractivity contribution >= 4 is 17.8 Å². The van der Waals surface area contributed by atoms with Gasteiger partial charge in [0.05, 0.1) is 25.4 Å². The molecule has 3 rings (SSSR count). The fraction of sp³-hybridized carbons (Fsp3) is 0.550. The van der Waals surface area contributed by atoms with Crippen molar-refractivity contribution in [1.82, 2.24) is 20.7 Å². The summed E-state index contributed by atoms with van der Waals surface area (Å²) in [4.78, 5) is 39.9. The highest BCUT2D eigenvalue weighted by Crippen LogP contribution is 2.30. The second-order valence-corrected chi connectivity index (χ2v) is 8.32. The Morgan fingerprint density at radius 1 is 1.34 bits per heavy atom. The Balaban J connectivity index is 1.69. The number of imide groups is 1. The van der Waals surface area contributed by atoms with E-state index in [1.807, 2.05) is 25.7 Å². The molecule has 4 amide bonds. The van der Waals surface area contributed by atoms with Crippen LogP contribution in [-0.2, 0) is 19.9 Å². The molecule has 2 N–H and O–H groups in total. The highest BCUT2D eigenvalue weighted by Gasteiger charge is 2.50. The second kappa shape index (κ2) is 7.64. The molecule has 2 aliphatic heterocycles. The van der Waals surface area contributed by atoms with Crippen LogP contribution < -0.4 is 15.5 Å². The summed E-state index contributed by atoms with van der Waals surface area (Å²) in [6, 6.07) is 6.22. The van der Waals surface area contributed by atoms with Crippen molar-refractivity contribution < 1.29 is 23.9 Å². The molecule has 0 radical (unpaired) electrons. The van der Waals surface area contributed by atoms with Crippen LogP contribution in [0, 0.1) is 0 Å². The number of rotatable bonds is 5. The van der Waals surface area contributed by atoms with E-state index in [4.69, 9.17) is 9.47 Å². The van der Waals surface area contributed by atoms with Crippen molar-refractivity contribution in [1.29, 1.82) is 0 Å². The normalized spacial score (nSPS) is 26.9. The minimum absolute atomic E-state index is 0.0142. The third kappa shape index (κ3) is 4.35. The van der Waals surface area contributed by atoms with Gasteiger partial charge in [-0.05, 0) is 45.4 Å². The number of carbonyl (C=O) groups excluding carboxylic acids is 3. The van der Waals surface area contributed by atoms with Gasteiger partial charge in [0.25, 0.3) is 11.8 Å². The lowest BCUT2D eigenvalue weighted by Crippen LogP contribution is -2.56. The largest absolute Gasteiger partial charge is 0.497 e. The number of methoxy groups -OCH3 is 1. The van der Waals surface area contributed by atoms with Gasteiger partial charge in [0.1, 0.15) is 11.3 Å². The van der Waals surface area contributed by atoms with Crippen LogP contribution in [0.2, 0.25) is 0 Å². The van der Waals surface area contributed by atoms with Gasteiger partial charge in [0.2, 0.25) is 0 Å². The maximum Gasteiger partial charge on any atom is 0.344 e. The Labute approximate surface area is 170 Å². The van der Waals surface area contributed by atoms with Crippen LogP contribution >= 0.6 is 0 Å². The van der Waals surface area contributed by atoms with Crippen LogP contribution in [0.3, 0.4) is 0 Å². The number of urea groups is 1. The average molecular weight is 404 g/mol. The average Bonchev–Trinajstić information content (AvgIpc) is 2.84. The van der Waals surface area contributed by atoms with E-state index in [-0.39, 0.29) is 18.2 Å². The monoisotopic (exact) mass is 404 g/mol. The van der Waals surface area contributed by atoms with E-state index in [0.29, 0.717) is 24.4 Å². The van der Waals surface area contributed by atoms with Gasteiger partial charge in [-0.1, -0.05) is 12.1 Å². The quantitative estimate of drug-likeness (QED) is 0.710. The fourth-order valence-corrected chi connectivity index (χ4v) is 3.94. The summed E-state index contributed by atoms with van der Waals surface area (Å²) in [7, 11) is 1.52. The summed E-state index contributed by atoms with van der Waals surface area (Å²) in [5.74, 6) is -0.426. The van der Waals surface area contributed by atoms with Crippen molar-refractivity contribution in [2.24, 2.45) is 0 Å². The van der Waals surface area contributed by atoms with Crippen LogP contribution in [0.25, 0.3) is 0 Å². The molecule has 0 aliphatic carbocycles. The van der Waals surface area contributed by atoms with Crippen LogP contribution in [0.15, 0.2) is 24.3 Å². The molecular weight excluding hydrogens is 376 g/mol. The first-order valence-corrected chi connectivity index (χ1v) is 9.55. The summed E-state index contributed by atoms with van der Waals surface area (Å²) >= 11 is 0. The molecule has 9 nitrogen and oxygen atoms in total. The maximum atomic E-state index is 13.0. The molecule has 2 atom stereocenters. The molecule has 29 heavy (non-hydrogen) atoms. The Kier molecular flexibility index (Phi) is 5.55. The first kappa shape index (κ1) is 21.1. The molecular formula is C20H28N4O5. The van der Waals surface area contributed by atoms with Crippen molar-refractivity contribution in [3.8, 4) is 5.75 Å². The number of hydrogen-bond donors (Lipinski definition) is 2. The second-order valence-electron chi connectivity index (χ2n) is 8.32. The molecule has 2 heterocycles. The smallest absolute Gasteiger partial charge is 0.344 e. The van der Waals surface area contributed by atoms with Gasteiger partial charge in [-0.2, -0.15) is 5.01 Å². The number of hydrazine groups is 1. The number of amides is 4. The lowest BCUT2D eigenvalue weighted by Gasteiger charge is -2.41.